The summed E-state index contributed by atoms with van der Waals surface area (Å²) in [5.41, 5.74) is 4.45. The van der Waals surface area contributed by atoms with Crippen molar-refractivity contribution in [1.29, 1.82) is 0 Å². The molecule has 0 aromatic rings. The normalized spacial score (nSPS) is 15.8. The lowest BCUT2D eigenvalue weighted by Gasteiger charge is -2.40. The molecule has 0 rings (SSSR count). The monoisotopic (exact) mass is 760 g/mol. The highest BCUT2D eigenvalue weighted by Crippen LogP contribution is 2.25. The third-order valence-electron chi connectivity index (χ3n) is 10.9. The Bertz CT molecular complexity index is 1080. The number of nitrogens with two attached hydrogens (primary N) is 1. The largest absolute Gasteiger partial charge is 0.355 e. The first-order chi connectivity index (χ1) is 25.1. The molecule has 0 aliphatic heterocycles. The van der Waals surface area contributed by atoms with Gasteiger partial charge in [-0.2, -0.15) is 9.81 Å². The van der Waals surface area contributed by atoms with Gasteiger partial charge >= 0.3 is 0 Å². The molecule has 0 bridgehead atoms. The minimum atomic E-state index is -0.648. The molecule has 0 heterocycles. The van der Waals surface area contributed by atoms with Crippen LogP contribution < -0.4 is 27.0 Å². The van der Waals surface area contributed by atoms with E-state index in [0.717, 1.165) is 19.3 Å². The minimum absolute atomic E-state index is 0.0650. The van der Waals surface area contributed by atoms with Crippen LogP contribution in [0.3, 0.4) is 0 Å². The maximum Gasteiger partial charge on any atom is 0.242 e. The number of amides is 3. The molecule has 0 aromatic carbocycles. The smallest absolute Gasteiger partial charge is 0.242 e. The lowest BCUT2D eigenvalue weighted by molar-refractivity contribution is -0.131. The summed E-state index contributed by atoms with van der Waals surface area (Å²) >= 11 is 0. The zero-order valence-corrected chi connectivity index (χ0v) is 35.6. The van der Waals surface area contributed by atoms with Crippen molar-refractivity contribution in [2.45, 2.75) is 163 Å². The second-order valence-corrected chi connectivity index (χ2v) is 17.2. The average Bonchev–Trinajstić information content (AvgIpc) is 3.10. The molecule has 2 unspecified atom stereocenters. The number of carbonyl (C=O) groups excluding carboxylic acids is 3. The Labute approximate surface area is 330 Å². The van der Waals surface area contributed by atoms with E-state index in [2.05, 4.69) is 45.5 Å². The van der Waals surface area contributed by atoms with Crippen molar-refractivity contribution in [3.05, 3.63) is 9.81 Å². The molecule has 0 aliphatic rings. The van der Waals surface area contributed by atoms with E-state index in [9.17, 15) is 24.2 Å². The van der Waals surface area contributed by atoms with E-state index in [1.165, 1.54) is 0 Å². The number of nitroso groups, excluding NO2 is 2. The Morgan fingerprint density at radius 3 is 1.70 bits per heavy atom. The zero-order valence-electron chi connectivity index (χ0n) is 35.6. The molecule has 6 N–H and O–H groups in total. The number of hydrogen-bond acceptors (Lipinski definition) is 11. The Hall–Kier alpha value is -2.42. The molecule has 16 heteroatoms. The van der Waals surface area contributed by atoms with Crippen LogP contribution in [0.25, 0.3) is 0 Å². The summed E-state index contributed by atoms with van der Waals surface area (Å²) < 4.78 is 0. The average molecular weight is 760 g/mol. The van der Waals surface area contributed by atoms with Gasteiger partial charge in [0, 0.05) is 36.1 Å². The number of carbonyl (C=O) groups is 3. The molecule has 0 aliphatic carbocycles. The summed E-state index contributed by atoms with van der Waals surface area (Å²) in [7, 11) is 12.8. The first-order valence-corrected chi connectivity index (χ1v) is 20.1. The Balaban J connectivity index is 5.43. The van der Waals surface area contributed by atoms with E-state index in [-0.39, 0.29) is 48.1 Å². The van der Waals surface area contributed by atoms with E-state index >= 15 is 0 Å². The number of rotatable bonds is 31. The van der Waals surface area contributed by atoms with Gasteiger partial charge in [-0.25, -0.2) is 0 Å². The molecule has 0 spiro atoms. The van der Waals surface area contributed by atoms with Crippen molar-refractivity contribution in [2.75, 3.05) is 39.3 Å². The highest BCUT2D eigenvalue weighted by Gasteiger charge is 2.33. The fourth-order valence-electron chi connectivity index (χ4n) is 6.12. The van der Waals surface area contributed by atoms with Gasteiger partial charge in [0.2, 0.25) is 17.7 Å². The van der Waals surface area contributed by atoms with E-state index in [4.69, 9.17) is 21.7 Å². The van der Waals surface area contributed by atoms with Crippen LogP contribution in [0.4, 0.5) is 0 Å². The van der Waals surface area contributed by atoms with Crippen molar-refractivity contribution in [2.24, 2.45) is 39.8 Å². The third-order valence-corrected chi connectivity index (χ3v) is 10.9. The van der Waals surface area contributed by atoms with E-state index in [1.54, 1.807) is 23.5 Å². The summed E-state index contributed by atoms with van der Waals surface area (Å²) in [6.07, 6.45) is 5.60. The van der Waals surface area contributed by atoms with Crippen LogP contribution in [0, 0.1) is 33.5 Å². The fraction of sp³-hybridized carbons (Fsp3) is 0.921. The molecule has 3 amide bonds. The van der Waals surface area contributed by atoms with Crippen LogP contribution in [-0.2, 0) is 14.4 Å². The molecule has 308 valence electrons. The van der Waals surface area contributed by atoms with Crippen LogP contribution >= 0.6 is 0 Å². The Morgan fingerprint density at radius 2 is 1.24 bits per heavy atom. The predicted octanol–water partition coefficient (Wildman–Crippen LogP) is 3.94. The molecule has 14 nitrogen and oxygen atoms in total. The molecule has 54 heavy (non-hydrogen) atoms. The van der Waals surface area contributed by atoms with Crippen LogP contribution in [0.2, 0.25) is 0 Å². The highest BCUT2D eigenvalue weighted by molar-refractivity contribution is 6.05. The van der Waals surface area contributed by atoms with E-state index < -0.39 is 29.2 Å². The van der Waals surface area contributed by atoms with Gasteiger partial charge in [0.15, 0.2) is 16.0 Å². The van der Waals surface area contributed by atoms with Gasteiger partial charge in [-0.3, -0.25) is 14.4 Å². The van der Waals surface area contributed by atoms with Gasteiger partial charge in [0.05, 0.1) is 6.54 Å². The highest BCUT2D eigenvalue weighted by atomic mass is 16.3. The lowest BCUT2D eigenvalue weighted by Crippen LogP contribution is -2.53. The van der Waals surface area contributed by atoms with Crippen molar-refractivity contribution in [3.8, 4) is 0 Å². The van der Waals surface area contributed by atoms with Gasteiger partial charge in [-0.15, -0.1) is 0 Å². The van der Waals surface area contributed by atoms with Gasteiger partial charge < -0.3 is 36.6 Å². The summed E-state index contributed by atoms with van der Waals surface area (Å²) in [5, 5.41) is 18.7. The molecule has 0 aromatic heterocycles. The van der Waals surface area contributed by atoms with Crippen molar-refractivity contribution in [1.82, 2.24) is 30.9 Å². The maximum absolute atomic E-state index is 13.5. The Kier molecular flexibility index (Phi) is 25.3. The second kappa shape index (κ2) is 26.4. The number of nitrogens with zero attached hydrogens (tertiary/aromatic N) is 4. The lowest BCUT2D eigenvalue weighted by atomic mass is 9.87. The van der Waals surface area contributed by atoms with E-state index in [0.29, 0.717) is 70.7 Å². The molecule has 4 radical (unpaired) electrons. The number of nitrogens with one attached hydrogen (secondary N) is 4. The van der Waals surface area contributed by atoms with Crippen LogP contribution in [-0.4, -0.2) is 118 Å². The number of unbranched alkanes of at least 4 members (excludes halogenated alkanes) is 1. The summed E-state index contributed by atoms with van der Waals surface area (Å²) in [6.45, 7) is 23.5. The minimum Gasteiger partial charge on any atom is -0.355 e. The van der Waals surface area contributed by atoms with Gasteiger partial charge in [-0.1, -0.05) is 51.4 Å². The van der Waals surface area contributed by atoms with Gasteiger partial charge in [0.1, 0.15) is 18.1 Å². The van der Waals surface area contributed by atoms with Gasteiger partial charge in [0.25, 0.3) is 0 Å². The standard InChI is InChI=1S/C38H75B2N9O5/c1-26(2)22-28(5)35(51)45-33(23-27(3)4)36(52)44-32(14-12-13-18-41)24-42-25-34(50)43-19-15-31(16-20-48(39)37(8,9)29(6)46-53)17-21-49(40)38(10,11)30(7)47-54/h26-33,42H,12-25,41H2,1-11H3,(H,43,50)(H,44,52)(H,45,51)/t28-,29?,30?,31?,32-,33-/m0/s1. The maximum atomic E-state index is 13.5. The molecule has 5 atom stereocenters. The second-order valence-electron chi connectivity index (χ2n) is 17.2. The van der Waals surface area contributed by atoms with Crippen LogP contribution in [0.15, 0.2) is 10.4 Å². The quantitative estimate of drug-likeness (QED) is 0.0396. The zero-order chi connectivity index (χ0) is 41.6. The van der Waals surface area contributed by atoms with Crippen LogP contribution in [0.1, 0.15) is 128 Å². The Morgan fingerprint density at radius 1 is 0.722 bits per heavy atom. The van der Waals surface area contributed by atoms with E-state index in [1.807, 2.05) is 48.5 Å². The first kappa shape index (κ1) is 51.6. The molecule has 0 saturated carbocycles. The molecule has 0 fully saturated rings. The summed E-state index contributed by atoms with van der Waals surface area (Å²) in [5.74, 6) is -0.0280. The van der Waals surface area contributed by atoms with Crippen molar-refractivity contribution < 1.29 is 14.4 Å². The first-order valence-electron chi connectivity index (χ1n) is 20.1. The predicted molar refractivity (Wildman–Crippen MR) is 222 cm³/mol. The molecule has 0 saturated heterocycles. The van der Waals surface area contributed by atoms with Crippen molar-refractivity contribution >= 4 is 33.7 Å². The summed E-state index contributed by atoms with van der Waals surface area (Å²) in [4.78, 5) is 65.1. The summed E-state index contributed by atoms with van der Waals surface area (Å²) in [6, 6.07) is -1.91. The van der Waals surface area contributed by atoms with Crippen molar-refractivity contribution in [3.63, 3.8) is 0 Å². The van der Waals surface area contributed by atoms with Gasteiger partial charge in [-0.05, 0) is 124 Å². The number of hydrogen-bond donors (Lipinski definition) is 5. The van der Waals surface area contributed by atoms with Crippen LogP contribution in [0.5, 0.6) is 0 Å². The topological polar surface area (TPSA) is 191 Å². The molecular weight excluding hydrogens is 684 g/mol. The fourth-order valence-corrected chi connectivity index (χ4v) is 6.12. The SMILES string of the molecule is [B]N(CCC(CCNC(=O)CNC[C@H](CCCCN)NC(=O)[C@H](CC(C)C)NC(=O)[C@@H](C)CC(C)C)CCN([B])C(C)(C)C(C)N=O)C(C)(C)C(C)N=O. The molecular formula is C38H75B2N9O5. The third kappa shape index (κ3) is 20.0.